The first-order valence-electron chi connectivity index (χ1n) is 2.47. The lowest BCUT2D eigenvalue weighted by Crippen LogP contribution is -1.77. The summed E-state index contributed by atoms with van der Waals surface area (Å²) in [6.07, 6.45) is 0. The minimum absolute atomic E-state index is 0.00926. The molecule has 1 aromatic rings. The van der Waals surface area contributed by atoms with Gasteiger partial charge >= 0.3 is 0 Å². The van der Waals surface area contributed by atoms with Gasteiger partial charge in [0.1, 0.15) is 0 Å². The summed E-state index contributed by atoms with van der Waals surface area (Å²) >= 11 is 0.983. The monoisotopic (exact) mass is 140 g/mol. The van der Waals surface area contributed by atoms with E-state index in [0.717, 1.165) is 11.9 Å². The van der Waals surface area contributed by atoms with Gasteiger partial charge in [0.15, 0.2) is 5.75 Å². The highest BCUT2D eigenvalue weighted by Crippen LogP contribution is 2.23. The van der Waals surface area contributed by atoms with Crippen LogP contribution in [0.25, 0.3) is 0 Å². The predicted octanol–water partition coefficient (Wildman–Crippen LogP) is 1.80. The molecular weight excluding hydrogens is 134 g/mol. The van der Waals surface area contributed by atoms with Crippen LogP contribution in [0.15, 0.2) is 29.2 Å². The lowest BCUT2D eigenvalue weighted by atomic mass is 10.3. The molecule has 0 heterocycles. The lowest BCUT2D eigenvalue weighted by molar-refractivity contribution is 0.344. The van der Waals surface area contributed by atoms with E-state index in [1.807, 2.05) is 0 Å². The van der Waals surface area contributed by atoms with E-state index >= 15 is 0 Å². The summed E-state index contributed by atoms with van der Waals surface area (Å²) in [7, 11) is 0. The average Bonchev–Trinajstić information content (AvgIpc) is 1.89. The Hall–Kier alpha value is -0.670. The van der Waals surface area contributed by atoms with E-state index in [1.165, 1.54) is 6.07 Å². The van der Waals surface area contributed by atoms with Crippen LogP contribution in [0.1, 0.15) is 0 Å². The Morgan fingerprint density at radius 3 is 2.44 bits per heavy atom. The zero-order valence-corrected chi connectivity index (χ0v) is 5.52. The third kappa shape index (κ3) is 1.37. The van der Waals surface area contributed by atoms with Crippen LogP contribution in [-0.2, 0) is 5.11 Å². The van der Waals surface area contributed by atoms with Crippen molar-refractivity contribution in [2.24, 2.45) is 5.14 Å². The quantitative estimate of drug-likeness (QED) is 0.604. The summed E-state index contributed by atoms with van der Waals surface area (Å²) in [6.45, 7) is 0. The van der Waals surface area contributed by atoms with Gasteiger partial charge in [0.05, 0.1) is 4.90 Å². The van der Waals surface area contributed by atoms with Crippen LogP contribution in [0, 0.1) is 0 Å². The minimum Gasteiger partial charge on any atom is -0.289 e. The molecule has 0 aliphatic carbocycles. The maximum atomic E-state index is 10.7. The Morgan fingerprint density at radius 2 is 2.00 bits per heavy atom. The standard InChI is InChI=1S/C6H6NOS/c7-9-6-4-2-1-3-5(6)8/h1-4H,7H2. The van der Waals surface area contributed by atoms with Gasteiger partial charge in [-0.25, -0.2) is 0 Å². The van der Waals surface area contributed by atoms with Gasteiger partial charge in [0.2, 0.25) is 0 Å². The molecule has 3 heteroatoms. The molecule has 0 atom stereocenters. The fourth-order valence-corrected chi connectivity index (χ4v) is 0.889. The van der Waals surface area contributed by atoms with E-state index < -0.39 is 0 Å². The molecule has 0 spiro atoms. The molecule has 0 bridgehead atoms. The predicted molar refractivity (Wildman–Crippen MR) is 36.6 cm³/mol. The van der Waals surface area contributed by atoms with Gasteiger partial charge < -0.3 is 0 Å². The Morgan fingerprint density at radius 1 is 1.33 bits per heavy atom. The zero-order chi connectivity index (χ0) is 6.69. The Kier molecular flexibility index (Phi) is 1.97. The van der Waals surface area contributed by atoms with Gasteiger partial charge in [0.25, 0.3) is 0 Å². The fraction of sp³-hybridized carbons (Fsp3) is 0. The van der Waals surface area contributed by atoms with Crippen molar-refractivity contribution in [2.75, 3.05) is 0 Å². The summed E-state index contributed by atoms with van der Waals surface area (Å²) < 4.78 is 0. The van der Waals surface area contributed by atoms with E-state index in [0.29, 0.717) is 4.90 Å². The van der Waals surface area contributed by atoms with Crippen molar-refractivity contribution in [3.8, 4) is 5.75 Å². The molecule has 0 aliphatic heterocycles. The third-order valence-electron chi connectivity index (χ3n) is 0.976. The highest BCUT2D eigenvalue weighted by Gasteiger charge is 1.96. The fourth-order valence-electron chi connectivity index (χ4n) is 0.548. The van der Waals surface area contributed by atoms with Crippen LogP contribution in [0.3, 0.4) is 0 Å². The summed E-state index contributed by atoms with van der Waals surface area (Å²) in [6, 6.07) is 6.68. The van der Waals surface area contributed by atoms with E-state index in [9.17, 15) is 5.11 Å². The van der Waals surface area contributed by atoms with E-state index in [2.05, 4.69) is 0 Å². The second-order valence-corrected chi connectivity index (χ2v) is 2.24. The summed E-state index contributed by atoms with van der Waals surface area (Å²) in [5.41, 5.74) is 0. The van der Waals surface area contributed by atoms with Gasteiger partial charge in [-0.05, 0) is 24.1 Å². The minimum atomic E-state index is -0.00926. The maximum absolute atomic E-state index is 10.7. The highest BCUT2D eigenvalue weighted by atomic mass is 32.2. The van der Waals surface area contributed by atoms with Crippen LogP contribution in [0.2, 0.25) is 0 Å². The largest absolute Gasteiger partial charge is 0.289 e. The number of para-hydroxylation sites is 1. The molecule has 1 radical (unpaired) electrons. The van der Waals surface area contributed by atoms with Crippen LogP contribution in [0.4, 0.5) is 0 Å². The number of nitrogens with two attached hydrogens (primary N) is 1. The molecule has 0 aromatic heterocycles. The number of hydrogen-bond acceptors (Lipinski definition) is 2. The average molecular weight is 140 g/mol. The lowest BCUT2D eigenvalue weighted by Gasteiger charge is -1.92. The van der Waals surface area contributed by atoms with Crippen molar-refractivity contribution in [3.63, 3.8) is 0 Å². The first-order chi connectivity index (χ1) is 4.34. The molecule has 9 heavy (non-hydrogen) atoms. The first kappa shape index (κ1) is 6.45. The maximum Gasteiger partial charge on any atom is 0.193 e. The molecule has 1 aromatic carbocycles. The van der Waals surface area contributed by atoms with E-state index in [1.54, 1.807) is 18.2 Å². The van der Waals surface area contributed by atoms with Gasteiger partial charge in [-0.2, -0.15) is 0 Å². The van der Waals surface area contributed by atoms with Crippen molar-refractivity contribution >= 4 is 11.9 Å². The molecule has 1 rings (SSSR count). The molecule has 0 aliphatic rings. The molecule has 0 unspecified atom stereocenters. The summed E-state index contributed by atoms with van der Waals surface area (Å²) in [5, 5.41) is 15.9. The van der Waals surface area contributed by atoms with Crippen molar-refractivity contribution in [3.05, 3.63) is 24.3 Å². The van der Waals surface area contributed by atoms with E-state index in [4.69, 9.17) is 5.14 Å². The molecule has 0 fully saturated rings. The van der Waals surface area contributed by atoms with Crippen molar-refractivity contribution in [1.82, 2.24) is 0 Å². The summed E-state index contributed by atoms with van der Waals surface area (Å²) in [5.74, 6) is -0.00926. The van der Waals surface area contributed by atoms with Crippen molar-refractivity contribution in [2.45, 2.75) is 4.90 Å². The topological polar surface area (TPSA) is 45.9 Å². The molecule has 47 valence electrons. The highest BCUT2D eigenvalue weighted by molar-refractivity contribution is 7.97. The number of benzene rings is 1. The third-order valence-corrected chi connectivity index (χ3v) is 1.57. The SMILES string of the molecule is NSc1ccccc1[O]. The normalized spacial score (nSPS) is 9.44. The van der Waals surface area contributed by atoms with Crippen LogP contribution in [-0.4, -0.2) is 0 Å². The Labute approximate surface area is 57.8 Å². The Balaban J connectivity index is 3.01. The summed E-state index contributed by atoms with van der Waals surface area (Å²) in [4.78, 5) is 0.595. The van der Waals surface area contributed by atoms with Crippen LogP contribution in [0.5, 0.6) is 5.75 Å². The van der Waals surface area contributed by atoms with Crippen molar-refractivity contribution < 1.29 is 5.11 Å². The smallest absolute Gasteiger partial charge is 0.193 e. The number of rotatable bonds is 1. The van der Waals surface area contributed by atoms with Crippen LogP contribution >= 0.6 is 11.9 Å². The second-order valence-electron chi connectivity index (χ2n) is 1.56. The van der Waals surface area contributed by atoms with Crippen LogP contribution < -0.4 is 5.14 Å². The van der Waals surface area contributed by atoms with Crippen molar-refractivity contribution in [1.29, 1.82) is 0 Å². The van der Waals surface area contributed by atoms with Gasteiger partial charge in [0, 0.05) is 0 Å². The molecule has 0 saturated heterocycles. The Bertz CT molecular complexity index is 202. The van der Waals surface area contributed by atoms with E-state index in [-0.39, 0.29) is 5.75 Å². The first-order valence-corrected chi connectivity index (χ1v) is 3.35. The molecular formula is C6H6NOS. The molecule has 0 amide bonds. The van der Waals surface area contributed by atoms with Gasteiger partial charge in [-0.3, -0.25) is 10.2 Å². The second kappa shape index (κ2) is 2.75. The van der Waals surface area contributed by atoms with Gasteiger partial charge in [-0.15, -0.1) is 0 Å². The number of hydrogen-bond donors (Lipinski definition) is 1. The van der Waals surface area contributed by atoms with Gasteiger partial charge in [-0.1, -0.05) is 12.1 Å². The molecule has 2 N–H and O–H groups in total. The molecule has 0 saturated carbocycles. The molecule has 2 nitrogen and oxygen atoms in total. The zero-order valence-electron chi connectivity index (χ0n) is 4.70.